The van der Waals surface area contributed by atoms with Crippen molar-refractivity contribution in [2.75, 3.05) is 13.6 Å². The number of hydrogen-bond donors (Lipinski definition) is 0. The average molecular weight is 359 g/mol. The van der Waals surface area contributed by atoms with Crippen molar-refractivity contribution in [1.29, 1.82) is 0 Å². The van der Waals surface area contributed by atoms with Crippen LogP contribution in [0.3, 0.4) is 0 Å². The maximum absolute atomic E-state index is 12.5. The lowest BCUT2D eigenvalue weighted by molar-refractivity contribution is 0.0786. The molecule has 0 radical (unpaired) electrons. The second kappa shape index (κ2) is 7.48. The molecule has 0 saturated heterocycles. The number of hydrogen-bond acceptors (Lipinski definition) is 4. The van der Waals surface area contributed by atoms with Gasteiger partial charge in [-0.2, -0.15) is 0 Å². The highest BCUT2D eigenvalue weighted by atomic mass is 35.5. The van der Waals surface area contributed by atoms with Crippen LogP contribution in [0.5, 0.6) is 0 Å². The Labute approximate surface area is 150 Å². The van der Waals surface area contributed by atoms with Crippen molar-refractivity contribution >= 4 is 17.5 Å². The van der Waals surface area contributed by atoms with E-state index >= 15 is 0 Å². The van der Waals surface area contributed by atoms with Crippen molar-refractivity contribution in [1.82, 2.24) is 29.4 Å². The second-order valence-electron chi connectivity index (χ2n) is 5.78. The third kappa shape index (κ3) is 4.06. The number of carbonyl (C=O) groups is 1. The molecule has 1 aromatic carbocycles. The molecule has 0 atom stereocenters. The summed E-state index contributed by atoms with van der Waals surface area (Å²) in [4.78, 5) is 18.3. The summed E-state index contributed by atoms with van der Waals surface area (Å²) in [6, 6.07) is 7.22. The summed E-state index contributed by atoms with van der Waals surface area (Å²) >= 11 is 5.98. The SMILES string of the molecule is Cc1nccn1CCCN(C)C(=O)c1cn(-c2cccc(Cl)c2)nn1. The summed E-state index contributed by atoms with van der Waals surface area (Å²) in [5, 5.41) is 8.59. The molecule has 0 saturated carbocycles. The van der Waals surface area contributed by atoms with E-state index in [4.69, 9.17) is 11.6 Å². The van der Waals surface area contributed by atoms with Crippen molar-refractivity contribution in [3.63, 3.8) is 0 Å². The van der Waals surface area contributed by atoms with E-state index in [1.807, 2.05) is 25.3 Å². The van der Waals surface area contributed by atoms with Gasteiger partial charge in [0.05, 0.1) is 11.9 Å². The molecule has 3 aromatic rings. The molecule has 0 spiro atoms. The van der Waals surface area contributed by atoms with Gasteiger partial charge in [0.2, 0.25) is 0 Å². The quantitative estimate of drug-likeness (QED) is 0.679. The molecule has 0 unspecified atom stereocenters. The fourth-order valence-electron chi connectivity index (χ4n) is 2.52. The molecule has 130 valence electrons. The number of imidazole rings is 1. The number of benzene rings is 1. The molecule has 8 heteroatoms. The van der Waals surface area contributed by atoms with Crippen molar-refractivity contribution in [2.24, 2.45) is 0 Å². The molecule has 0 fully saturated rings. The van der Waals surface area contributed by atoms with Crippen molar-refractivity contribution in [3.8, 4) is 5.69 Å². The fourth-order valence-corrected chi connectivity index (χ4v) is 2.71. The minimum atomic E-state index is -0.157. The Bertz CT molecular complexity index is 871. The molecule has 2 heterocycles. The predicted octanol–water partition coefficient (Wildman–Crippen LogP) is 2.59. The van der Waals surface area contributed by atoms with Gasteiger partial charge in [-0.3, -0.25) is 4.79 Å². The molecule has 0 N–H and O–H groups in total. The molecule has 1 amide bonds. The van der Waals surface area contributed by atoms with Crippen LogP contribution in [-0.2, 0) is 6.54 Å². The van der Waals surface area contributed by atoms with Crippen LogP contribution in [0.1, 0.15) is 22.7 Å². The summed E-state index contributed by atoms with van der Waals surface area (Å²) in [5.41, 5.74) is 1.07. The van der Waals surface area contributed by atoms with E-state index in [2.05, 4.69) is 19.9 Å². The first kappa shape index (κ1) is 17.2. The number of aryl methyl sites for hydroxylation is 2. The Balaban J connectivity index is 1.60. The first-order chi connectivity index (χ1) is 12.0. The molecule has 7 nitrogen and oxygen atoms in total. The minimum Gasteiger partial charge on any atom is -0.340 e. The van der Waals surface area contributed by atoms with Crippen molar-refractivity contribution in [2.45, 2.75) is 19.9 Å². The van der Waals surface area contributed by atoms with Crippen LogP contribution in [0.25, 0.3) is 5.69 Å². The number of rotatable bonds is 6. The molecular weight excluding hydrogens is 340 g/mol. The molecular formula is C17H19ClN6O. The van der Waals surface area contributed by atoms with E-state index in [-0.39, 0.29) is 5.91 Å². The van der Waals surface area contributed by atoms with Gasteiger partial charge < -0.3 is 9.47 Å². The highest BCUT2D eigenvalue weighted by molar-refractivity contribution is 6.30. The second-order valence-corrected chi connectivity index (χ2v) is 6.21. The maximum Gasteiger partial charge on any atom is 0.275 e. The van der Waals surface area contributed by atoms with Crippen LogP contribution in [0, 0.1) is 6.92 Å². The fraction of sp³-hybridized carbons (Fsp3) is 0.294. The molecule has 0 bridgehead atoms. The van der Waals surface area contributed by atoms with Crippen molar-refractivity contribution in [3.05, 3.63) is 59.4 Å². The monoisotopic (exact) mass is 358 g/mol. The first-order valence-electron chi connectivity index (χ1n) is 7.96. The normalized spacial score (nSPS) is 10.8. The largest absolute Gasteiger partial charge is 0.340 e. The molecule has 0 aliphatic carbocycles. The Morgan fingerprint density at radius 1 is 1.36 bits per heavy atom. The number of nitrogens with zero attached hydrogens (tertiary/aromatic N) is 6. The van der Waals surface area contributed by atoms with Gasteiger partial charge in [0.15, 0.2) is 5.69 Å². The van der Waals surface area contributed by atoms with Gasteiger partial charge in [-0.1, -0.05) is 22.9 Å². The van der Waals surface area contributed by atoms with E-state index < -0.39 is 0 Å². The molecule has 25 heavy (non-hydrogen) atoms. The van der Waals surface area contributed by atoms with E-state index in [0.717, 1.165) is 24.5 Å². The highest BCUT2D eigenvalue weighted by Crippen LogP contribution is 2.14. The predicted molar refractivity (Wildman–Crippen MR) is 94.9 cm³/mol. The molecule has 0 aliphatic rings. The third-order valence-corrected chi connectivity index (χ3v) is 4.18. The summed E-state index contributed by atoms with van der Waals surface area (Å²) in [6.45, 7) is 3.40. The first-order valence-corrected chi connectivity index (χ1v) is 8.34. The average Bonchev–Trinajstić information content (AvgIpc) is 3.24. The standard InChI is InChI=1S/C17H19ClN6O/c1-13-19-7-10-23(13)9-4-8-22(2)17(25)16-12-24(21-20-16)15-6-3-5-14(18)11-15/h3,5-7,10-12H,4,8-9H2,1-2H3. The summed E-state index contributed by atoms with van der Waals surface area (Å²) in [7, 11) is 1.77. The summed E-state index contributed by atoms with van der Waals surface area (Å²) in [6.07, 6.45) is 6.17. The Morgan fingerprint density at radius 2 is 2.20 bits per heavy atom. The maximum atomic E-state index is 12.5. The van der Waals surface area contributed by atoms with Gasteiger partial charge >= 0.3 is 0 Å². The number of halogens is 1. The van der Waals surface area contributed by atoms with E-state index in [1.54, 1.807) is 41.2 Å². The zero-order valence-corrected chi connectivity index (χ0v) is 14.9. The lowest BCUT2D eigenvalue weighted by Crippen LogP contribution is -2.28. The topological polar surface area (TPSA) is 68.8 Å². The number of aromatic nitrogens is 5. The van der Waals surface area contributed by atoms with E-state index in [1.165, 1.54) is 0 Å². The van der Waals surface area contributed by atoms with Gasteiger partial charge in [-0.15, -0.1) is 5.10 Å². The van der Waals surface area contributed by atoms with Gasteiger partial charge in [-0.05, 0) is 31.5 Å². The smallest absolute Gasteiger partial charge is 0.275 e. The molecule has 3 rings (SSSR count). The zero-order valence-electron chi connectivity index (χ0n) is 14.1. The zero-order chi connectivity index (χ0) is 17.8. The Kier molecular flexibility index (Phi) is 5.14. The Hall–Kier alpha value is -2.67. The number of carbonyl (C=O) groups excluding carboxylic acids is 1. The van der Waals surface area contributed by atoms with Gasteiger partial charge in [0.25, 0.3) is 5.91 Å². The van der Waals surface area contributed by atoms with Gasteiger partial charge in [0, 0.05) is 37.6 Å². The Morgan fingerprint density at radius 3 is 2.92 bits per heavy atom. The lowest BCUT2D eigenvalue weighted by atomic mass is 10.3. The van der Waals surface area contributed by atoms with Gasteiger partial charge in [0.1, 0.15) is 5.82 Å². The van der Waals surface area contributed by atoms with Gasteiger partial charge in [-0.25, -0.2) is 9.67 Å². The van der Waals surface area contributed by atoms with Crippen molar-refractivity contribution < 1.29 is 4.79 Å². The van der Waals surface area contributed by atoms with E-state index in [0.29, 0.717) is 17.3 Å². The highest BCUT2D eigenvalue weighted by Gasteiger charge is 2.16. The summed E-state index contributed by atoms with van der Waals surface area (Å²) in [5.74, 6) is 0.814. The van der Waals surface area contributed by atoms with Crippen LogP contribution in [-0.4, -0.2) is 48.9 Å². The molecule has 2 aromatic heterocycles. The van der Waals surface area contributed by atoms with Crippen LogP contribution in [0.2, 0.25) is 5.02 Å². The van der Waals surface area contributed by atoms with Crippen LogP contribution in [0.15, 0.2) is 42.9 Å². The lowest BCUT2D eigenvalue weighted by Gasteiger charge is -2.15. The van der Waals surface area contributed by atoms with Crippen LogP contribution < -0.4 is 0 Å². The summed E-state index contributed by atoms with van der Waals surface area (Å²) < 4.78 is 3.61. The number of amides is 1. The minimum absolute atomic E-state index is 0.157. The van der Waals surface area contributed by atoms with E-state index in [9.17, 15) is 4.79 Å². The van der Waals surface area contributed by atoms with Crippen LogP contribution in [0.4, 0.5) is 0 Å². The molecule has 0 aliphatic heterocycles. The van der Waals surface area contributed by atoms with Crippen LogP contribution >= 0.6 is 11.6 Å². The third-order valence-electron chi connectivity index (χ3n) is 3.95.